The molecule has 8 heteroatoms. The number of hydrogen-bond acceptors (Lipinski definition) is 5. The summed E-state index contributed by atoms with van der Waals surface area (Å²) in [6, 6.07) is 19.2. The molecule has 0 radical (unpaired) electrons. The van der Waals surface area contributed by atoms with Gasteiger partial charge in [0.05, 0.1) is 17.7 Å². The molecule has 1 saturated heterocycles. The summed E-state index contributed by atoms with van der Waals surface area (Å²) in [5.74, 6) is -0.992. The lowest BCUT2D eigenvalue weighted by Gasteiger charge is -2.23. The van der Waals surface area contributed by atoms with Gasteiger partial charge in [0.15, 0.2) is 0 Å². The fourth-order valence-corrected chi connectivity index (χ4v) is 4.62. The van der Waals surface area contributed by atoms with Gasteiger partial charge in [-0.1, -0.05) is 48.0 Å². The molecule has 1 fully saturated rings. The Hall–Kier alpha value is -3.96. The Morgan fingerprint density at radius 2 is 1.94 bits per heavy atom. The maximum atomic E-state index is 13.2. The SMILES string of the molecule is Cc1ccc([C@@H](NC(=O)CN2C(=O)N[C@](C)(c3cccc(C#N)c3)C2=O)c2cccs2)cc1. The Morgan fingerprint density at radius 1 is 1.18 bits per heavy atom. The molecule has 1 aliphatic heterocycles. The van der Waals surface area contributed by atoms with Gasteiger partial charge in [0.1, 0.15) is 12.1 Å². The molecule has 2 atom stereocenters. The van der Waals surface area contributed by atoms with Crippen LogP contribution in [0.25, 0.3) is 0 Å². The summed E-state index contributed by atoms with van der Waals surface area (Å²) in [5.41, 5.74) is 1.53. The van der Waals surface area contributed by atoms with Gasteiger partial charge < -0.3 is 10.6 Å². The van der Waals surface area contributed by atoms with Crippen molar-refractivity contribution in [2.24, 2.45) is 0 Å². The average Bonchev–Trinajstić information content (AvgIpc) is 3.42. The van der Waals surface area contributed by atoms with E-state index in [1.165, 1.54) is 11.3 Å². The normalized spacial score (nSPS) is 18.5. The molecule has 4 rings (SSSR count). The van der Waals surface area contributed by atoms with Crippen LogP contribution < -0.4 is 10.6 Å². The number of nitrogens with zero attached hydrogens (tertiary/aromatic N) is 2. The molecule has 33 heavy (non-hydrogen) atoms. The lowest BCUT2D eigenvalue weighted by Crippen LogP contribution is -2.44. The summed E-state index contributed by atoms with van der Waals surface area (Å²) in [4.78, 5) is 40.6. The van der Waals surface area contributed by atoms with E-state index in [9.17, 15) is 14.4 Å². The number of urea groups is 1. The van der Waals surface area contributed by atoms with Crippen molar-refractivity contribution < 1.29 is 14.4 Å². The third-order valence-corrected chi connectivity index (χ3v) is 6.63. The van der Waals surface area contributed by atoms with Crippen LogP contribution in [0.3, 0.4) is 0 Å². The Kier molecular flexibility index (Phi) is 5.99. The number of nitrogens with one attached hydrogen (secondary N) is 2. The average molecular weight is 459 g/mol. The highest BCUT2D eigenvalue weighted by Gasteiger charge is 2.49. The van der Waals surface area contributed by atoms with E-state index in [1.54, 1.807) is 31.2 Å². The Morgan fingerprint density at radius 3 is 2.61 bits per heavy atom. The lowest BCUT2D eigenvalue weighted by molar-refractivity contribution is -0.135. The lowest BCUT2D eigenvalue weighted by atomic mass is 9.91. The molecular formula is C25H22N4O3S. The van der Waals surface area contributed by atoms with E-state index < -0.39 is 36.0 Å². The second kappa shape index (κ2) is 8.88. The van der Waals surface area contributed by atoms with Crippen molar-refractivity contribution in [3.8, 4) is 6.07 Å². The number of carbonyl (C=O) groups excluding carboxylic acids is 3. The first-order valence-electron chi connectivity index (χ1n) is 10.4. The van der Waals surface area contributed by atoms with Crippen LogP contribution in [0, 0.1) is 18.3 Å². The molecule has 0 aliphatic carbocycles. The highest BCUT2D eigenvalue weighted by Crippen LogP contribution is 2.30. The molecule has 1 aromatic heterocycles. The molecule has 2 heterocycles. The third kappa shape index (κ3) is 4.36. The summed E-state index contributed by atoms with van der Waals surface area (Å²) >= 11 is 1.52. The maximum Gasteiger partial charge on any atom is 0.325 e. The van der Waals surface area contributed by atoms with Gasteiger partial charge >= 0.3 is 6.03 Å². The van der Waals surface area contributed by atoms with E-state index >= 15 is 0 Å². The van der Waals surface area contributed by atoms with Gasteiger partial charge in [-0.2, -0.15) is 5.26 Å². The standard InChI is InChI=1S/C25H22N4O3S/c1-16-8-10-18(11-9-16)22(20-7-4-12-33-20)27-21(30)15-29-23(31)25(2,28-24(29)32)19-6-3-5-17(13-19)14-26/h3-13,22H,15H2,1-2H3,(H,27,30)(H,28,32)/t22-,25-/m1/s1. The van der Waals surface area contributed by atoms with Crippen molar-refractivity contribution in [3.63, 3.8) is 0 Å². The number of aryl methyl sites for hydroxylation is 1. The van der Waals surface area contributed by atoms with Gasteiger partial charge in [-0.05, 0) is 48.6 Å². The first-order valence-corrected chi connectivity index (χ1v) is 11.2. The first kappa shape index (κ1) is 22.2. The number of thiophene rings is 1. The zero-order valence-corrected chi connectivity index (χ0v) is 19.0. The van der Waals surface area contributed by atoms with Gasteiger partial charge in [0, 0.05) is 4.88 Å². The van der Waals surface area contributed by atoms with Gasteiger partial charge in [0.25, 0.3) is 5.91 Å². The van der Waals surface area contributed by atoms with Gasteiger partial charge in [-0.25, -0.2) is 4.79 Å². The van der Waals surface area contributed by atoms with E-state index in [0.717, 1.165) is 20.9 Å². The van der Waals surface area contributed by atoms with Crippen molar-refractivity contribution in [3.05, 3.63) is 93.2 Å². The Labute approximate surface area is 195 Å². The summed E-state index contributed by atoms with van der Waals surface area (Å²) in [5, 5.41) is 16.7. The van der Waals surface area contributed by atoms with E-state index in [0.29, 0.717) is 11.1 Å². The zero-order valence-electron chi connectivity index (χ0n) is 18.2. The molecule has 4 amide bonds. The van der Waals surface area contributed by atoms with Gasteiger partial charge in [0.2, 0.25) is 5.91 Å². The van der Waals surface area contributed by atoms with E-state index in [-0.39, 0.29) is 0 Å². The second-order valence-electron chi connectivity index (χ2n) is 8.07. The quantitative estimate of drug-likeness (QED) is 0.551. The van der Waals surface area contributed by atoms with Crippen molar-refractivity contribution in [2.75, 3.05) is 6.54 Å². The first-order chi connectivity index (χ1) is 15.8. The fraction of sp³-hybridized carbons (Fsp3) is 0.200. The number of imide groups is 1. The molecule has 2 N–H and O–H groups in total. The monoisotopic (exact) mass is 458 g/mol. The van der Waals surface area contributed by atoms with E-state index in [4.69, 9.17) is 5.26 Å². The van der Waals surface area contributed by atoms with Crippen LogP contribution in [0.4, 0.5) is 4.79 Å². The van der Waals surface area contributed by atoms with E-state index in [2.05, 4.69) is 10.6 Å². The van der Waals surface area contributed by atoms with Crippen LogP contribution in [0.15, 0.2) is 66.0 Å². The van der Waals surface area contributed by atoms with Crippen LogP contribution in [-0.2, 0) is 15.1 Å². The minimum atomic E-state index is -1.35. The second-order valence-corrected chi connectivity index (χ2v) is 9.04. The summed E-state index contributed by atoms with van der Waals surface area (Å²) in [6.07, 6.45) is 0. The molecule has 166 valence electrons. The number of rotatable bonds is 6. The highest BCUT2D eigenvalue weighted by atomic mass is 32.1. The number of carbonyl (C=O) groups is 3. The minimum Gasteiger partial charge on any atom is -0.343 e. The minimum absolute atomic E-state index is 0.379. The Bertz CT molecular complexity index is 1250. The predicted molar refractivity (Wildman–Crippen MR) is 124 cm³/mol. The van der Waals surface area contributed by atoms with Crippen LogP contribution in [0.1, 0.15) is 40.1 Å². The fourth-order valence-electron chi connectivity index (χ4n) is 3.82. The maximum absolute atomic E-state index is 13.2. The smallest absolute Gasteiger partial charge is 0.325 e. The largest absolute Gasteiger partial charge is 0.343 e. The van der Waals surface area contributed by atoms with Gasteiger partial charge in [-0.15, -0.1) is 11.3 Å². The van der Waals surface area contributed by atoms with Crippen molar-refractivity contribution >= 4 is 29.2 Å². The topological polar surface area (TPSA) is 102 Å². The van der Waals surface area contributed by atoms with Crippen molar-refractivity contribution in [1.82, 2.24) is 15.5 Å². The molecule has 0 bridgehead atoms. The van der Waals surface area contributed by atoms with Gasteiger partial charge in [-0.3, -0.25) is 14.5 Å². The summed E-state index contributed by atoms with van der Waals surface area (Å²) in [7, 11) is 0. The van der Waals surface area contributed by atoms with Crippen LogP contribution in [-0.4, -0.2) is 29.3 Å². The van der Waals surface area contributed by atoms with Crippen LogP contribution >= 0.6 is 11.3 Å². The summed E-state index contributed by atoms with van der Waals surface area (Å²) in [6.45, 7) is 3.15. The van der Waals surface area contributed by atoms with Crippen molar-refractivity contribution in [2.45, 2.75) is 25.4 Å². The molecule has 3 aromatic rings. The highest BCUT2D eigenvalue weighted by molar-refractivity contribution is 7.10. The molecule has 0 saturated carbocycles. The van der Waals surface area contributed by atoms with Crippen LogP contribution in [0.5, 0.6) is 0 Å². The molecular weight excluding hydrogens is 436 g/mol. The molecule has 7 nitrogen and oxygen atoms in total. The molecule has 0 unspecified atom stereocenters. The number of amides is 4. The number of nitriles is 1. The third-order valence-electron chi connectivity index (χ3n) is 5.69. The van der Waals surface area contributed by atoms with Crippen LogP contribution in [0.2, 0.25) is 0 Å². The number of benzene rings is 2. The predicted octanol–water partition coefficient (Wildman–Crippen LogP) is 3.60. The Balaban J connectivity index is 1.53. The van der Waals surface area contributed by atoms with Crippen molar-refractivity contribution in [1.29, 1.82) is 5.26 Å². The molecule has 1 aliphatic rings. The molecule has 2 aromatic carbocycles. The number of hydrogen-bond donors (Lipinski definition) is 2. The summed E-state index contributed by atoms with van der Waals surface area (Å²) < 4.78 is 0. The zero-order chi connectivity index (χ0) is 23.6. The van der Waals surface area contributed by atoms with E-state index in [1.807, 2.05) is 54.8 Å². The molecule has 0 spiro atoms.